The second-order valence-corrected chi connectivity index (χ2v) is 9.08. The zero-order valence-electron chi connectivity index (χ0n) is 14.4. The van der Waals surface area contributed by atoms with Crippen molar-refractivity contribution in [2.45, 2.75) is 56.1 Å². The quantitative estimate of drug-likeness (QED) is 0.385. The molecule has 0 amide bonds. The van der Waals surface area contributed by atoms with Crippen LogP contribution in [0.1, 0.15) is 44.9 Å². The van der Waals surface area contributed by atoms with Crippen molar-refractivity contribution in [3.05, 3.63) is 12.2 Å². The number of ether oxygens (including phenoxy) is 1. The predicted octanol–water partition coefficient (Wildman–Crippen LogP) is 1.34. The number of carboxylic acids is 2. The average Bonchev–Trinajstić information content (AvgIpc) is 2.94. The lowest BCUT2D eigenvalue weighted by Gasteiger charge is -2.45. The Labute approximate surface area is 150 Å². The summed E-state index contributed by atoms with van der Waals surface area (Å²) in [6.07, 6.45) is 2.75. The van der Waals surface area contributed by atoms with Gasteiger partial charge in [0.1, 0.15) is 5.60 Å². The second-order valence-electron chi connectivity index (χ2n) is 9.08. The third-order valence-corrected chi connectivity index (χ3v) is 8.40. The number of carboxylic acid groups (broad SMARTS) is 2. The third-order valence-electron chi connectivity index (χ3n) is 8.40. The molecule has 7 atom stereocenters. The van der Waals surface area contributed by atoms with E-state index in [4.69, 9.17) is 4.74 Å². The Hall–Kier alpha value is -1.89. The molecule has 1 aliphatic heterocycles. The number of hydrogen-bond donors (Lipinski definition) is 3. The smallest absolute Gasteiger partial charge is 0.324 e. The number of carbonyl (C=O) groups excluding carboxylic acids is 1. The summed E-state index contributed by atoms with van der Waals surface area (Å²) in [5, 5.41) is 31.1. The van der Waals surface area contributed by atoms with Crippen LogP contribution >= 0.6 is 0 Å². The van der Waals surface area contributed by atoms with Gasteiger partial charge < -0.3 is 20.1 Å². The largest absolute Gasteiger partial charge is 0.481 e. The highest BCUT2D eigenvalue weighted by Crippen LogP contribution is 2.78. The second kappa shape index (κ2) is 4.32. The molecular weight excluding hydrogens is 340 g/mol. The Morgan fingerprint density at radius 3 is 2.58 bits per heavy atom. The van der Waals surface area contributed by atoms with Crippen molar-refractivity contribution in [1.82, 2.24) is 0 Å². The topological polar surface area (TPSA) is 121 Å². The van der Waals surface area contributed by atoms with E-state index in [1.807, 2.05) is 0 Å². The summed E-state index contributed by atoms with van der Waals surface area (Å²) < 4.78 is 5.83. The number of rotatable bonds is 2. The summed E-state index contributed by atoms with van der Waals surface area (Å²) >= 11 is 0. The zero-order chi connectivity index (χ0) is 18.7. The van der Waals surface area contributed by atoms with Crippen LogP contribution in [-0.4, -0.2) is 44.4 Å². The lowest BCUT2D eigenvalue weighted by Crippen LogP contribution is -2.51. The van der Waals surface area contributed by atoms with E-state index in [-0.39, 0.29) is 18.8 Å². The molecule has 4 bridgehead atoms. The number of hydrogen-bond acceptors (Lipinski definition) is 5. The van der Waals surface area contributed by atoms with Gasteiger partial charge in [-0.05, 0) is 55.9 Å². The van der Waals surface area contributed by atoms with E-state index in [1.165, 1.54) is 0 Å². The van der Waals surface area contributed by atoms with Crippen LogP contribution in [0.5, 0.6) is 0 Å². The Morgan fingerprint density at radius 2 is 1.92 bits per heavy atom. The molecule has 1 saturated heterocycles. The maximum atomic E-state index is 12.7. The molecule has 7 heteroatoms. The van der Waals surface area contributed by atoms with Gasteiger partial charge in [0.25, 0.3) is 0 Å². The normalized spacial score (nSPS) is 53.8. The molecule has 7 nitrogen and oxygen atoms in total. The molecule has 140 valence electrons. The summed E-state index contributed by atoms with van der Waals surface area (Å²) in [6, 6.07) is 0. The summed E-state index contributed by atoms with van der Waals surface area (Å²) in [5.41, 5.74) is -4.06. The van der Waals surface area contributed by atoms with Crippen molar-refractivity contribution in [2.24, 2.45) is 28.6 Å². The first kappa shape index (κ1) is 16.3. The first-order chi connectivity index (χ1) is 12.1. The molecule has 5 rings (SSSR count). The highest BCUT2D eigenvalue weighted by atomic mass is 16.6. The van der Waals surface area contributed by atoms with Crippen molar-refractivity contribution in [3.8, 4) is 0 Å². The molecular formula is C19H22O7. The van der Waals surface area contributed by atoms with Gasteiger partial charge in [-0.25, -0.2) is 0 Å². The lowest BCUT2D eigenvalue weighted by atomic mass is 9.59. The summed E-state index contributed by atoms with van der Waals surface area (Å²) in [6.45, 7) is 4.00. The molecule has 1 heterocycles. The van der Waals surface area contributed by atoms with Gasteiger partial charge in [0.05, 0.1) is 11.5 Å². The fourth-order valence-corrected chi connectivity index (χ4v) is 7.70. The van der Waals surface area contributed by atoms with Gasteiger partial charge in [-0.3, -0.25) is 14.4 Å². The van der Waals surface area contributed by atoms with Crippen molar-refractivity contribution in [2.75, 3.05) is 0 Å². The average molecular weight is 362 g/mol. The van der Waals surface area contributed by atoms with E-state index < -0.39 is 51.8 Å². The maximum Gasteiger partial charge on any atom is 0.324 e. The molecule has 0 radical (unpaired) electrons. The Kier molecular flexibility index (Phi) is 2.71. The molecule has 4 aliphatic carbocycles. The van der Waals surface area contributed by atoms with Gasteiger partial charge in [-0.15, -0.1) is 0 Å². The number of esters is 1. The van der Waals surface area contributed by atoms with Gasteiger partial charge in [0, 0.05) is 11.8 Å². The summed E-state index contributed by atoms with van der Waals surface area (Å²) in [7, 11) is 0. The molecule has 26 heavy (non-hydrogen) atoms. The molecule has 0 aromatic carbocycles. The van der Waals surface area contributed by atoms with Gasteiger partial charge >= 0.3 is 17.9 Å². The van der Waals surface area contributed by atoms with E-state index >= 15 is 0 Å². The van der Waals surface area contributed by atoms with Crippen LogP contribution in [0.15, 0.2) is 12.2 Å². The van der Waals surface area contributed by atoms with Crippen molar-refractivity contribution in [1.29, 1.82) is 0 Å². The molecule has 0 aromatic heterocycles. The van der Waals surface area contributed by atoms with E-state index in [9.17, 15) is 29.7 Å². The zero-order valence-corrected chi connectivity index (χ0v) is 14.4. The van der Waals surface area contributed by atoms with Gasteiger partial charge in [-0.1, -0.05) is 6.58 Å². The van der Waals surface area contributed by atoms with E-state index in [1.54, 1.807) is 0 Å². The molecule has 4 saturated carbocycles. The minimum atomic E-state index is -1.78. The first-order valence-corrected chi connectivity index (χ1v) is 9.24. The van der Waals surface area contributed by atoms with E-state index in [2.05, 4.69) is 6.58 Å². The van der Waals surface area contributed by atoms with Crippen LogP contribution in [0, 0.1) is 28.6 Å². The fraction of sp³-hybridized carbons (Fsp3) is 0.737. The number of fused-ring (bicyclic) bond motifs is 1. The molecule has 6 unspecified atom stereocenters. The third kappa shape index (κ3) is 1.39. The molecule has 5 aliphatic rings. The van der Waals surface area contributed by atoms with Crippen molar-refractivity contribution in [3.63, 3.8) is 0 Å². The van der Waals surface area contributed by atoms with Gasteiger partial charge in [0.15, 0.2) is 5.41 Å². The highest BCUT2D eigenvalue weighted by molar-refractivity contribution is 6.03. The van der Waals surface area contributed by atoms with Crippen molar-refractivity contribution < 1.29 is 34.4 Å². The van der Waals surface area contributed by atoms with Crippen LogP contribution in [0.3, 0.4) is 0 Å². The van der Waals surface area contributed by atoms with E-state index in [0.717, 1.165) is 0 Å². The predicted molar refractivity (Wildman–Crippen MR) is 85.8 cm³/mol. The van der Waals surface area contributed by atoms with Gasteiger partial charge in [-0.2, -0.15) is 0 Å². The Bertz CT molecular complexity index is 789. The van der Waals surface area contributed by atoms with Crippen LogP contribution in [0.25, 0.3) is 0 Å². The van der Waals surface area contributed by atoms with Crippen LogP contribution in [-0.2, 0) is 19.1 Å². The van der Waals surface area contributed by atoms with E-state index in [0.29, 0.717) is 37.7 Å². The minimum absolute atomic E-state index is 0.116. The van der Waals surface area contributed by atoms with Crippen LogP contribution in [0.2, 0.25) is 0 Å². The lowest BCUT2D eigenvalue weighted by molar-refractivity contribution is -0.169. The molecule has 5 fully saturated rings. The summed E-state index contributed by atoms with van der Waals surface area (Å²) in [5.74, 6) is -5.29. The number of aliphatic hydroxyl groups is 1. The molecule has 3 N–H and O–H groups in total. The number of aliphatic carboxylic acids is 2. The molecule has 0 aromatic rings. The first-order valence-electron chi connectivity index (χ1n) is 9.24. The summed E-state index contributed by atoms with van der Waals surface area (Å²) in [4.78, 5) is 37.4. The number of carbonyl (C=O) groups is 3. The van der Waals surface area contributed by atoms with Gasteiger partial charge in [0.2, 0.25) is 0 Å². The monoisotopic (exact) mass is 362 g/mol. The minimum Gasteiger partial charge on any atom is -0.481 e. The maximum absolute atomic E-state index is 12.7. The Morgan fingerprint density at radius 1 is 1.19 bits per heavy atom. The van der Waals surface area contributed by atoms with Crippen LogP contribution < -0.4 is 0 Å². The molecule has 1 spiro atoms. The standard InChI is InChI=1S/C19H22O7/c1-9-7-16-8-17(9,25)6-3-10(16)19-5-2-4-18(14(22)23,15(24)26-19)12(19)11(16)13(20)21/h10-12,25H,1-8H2,(H,20,21)(H,22,23)/t10?,11-,12?,16?,17?,18?,19?/m1/s1. The fourth-order valence-electron chi connectivity index (χ4n) is 7.70. The van der Waals surface area contributed by atoms with Crippen molar-refractivity contribution >= 4 is 17.9 Å². The SMILES string of the molecule is C=C1CC23CC1(O)CCC2C12CCCC(C(=O)O)(C(=O)O1)C2[C@@H]3C(=O)O. The highest BCUT2D eigenvalue weighted by Gasteiger charge is 2.85. The van der Waals surface area contributed by atoms with Crippen LogP contribution in [0.4, 0.5) is 0 Å². The Balaban J connectivity index is 1.78.